The number of carboxylic acids is 1. The Morgan fingerprint density at radius 3 is 2.47 bits per heavy atom. The van der Waals surface area contributed by atoms with Crippen molar-refractivity contribution in [2.45, 2.75) is 32.2 Å². The van der Waals surface area contributed by atoms with E-state index in [2.05, 4.69) is 5.32 Å². The van der Waals surface area contributed by atoms with Crippen LogP contribution in [0.3, 0.4) is 0 Å². The fourth-order valence-electron chi connectivity index (χ4n) is 1.53. The zero-order valence-electron chi connectivity index (χ0n) is 10.3. The molecule has 0 saturated carbocycles. The van der Waals surface area contributed by atoms with Crippen molar-refractivity contribution >= 4 is 11.9 Å². The quantitative estimate of drug-likeness (QED) is 0.533. The number of carbonyl (C=O) groups excluding carboxylic acids is 1. The lowest BCUT2D eigenvalue weighted by Crippen LogP contribution is -2.39. The van der Waals surface area contributed by atoms with Crippen LogP contribution in [0.4, 0.5) is 0 Å². The molecule has 0 saturated heterocycles. The monoisotopic (exact) mass is 247 g/mol. The van der Waals surface area contributed by atoms with Crippen LogP contribution in [0.15, 0.2) is 0 Å². The van der Waals surface area contributed by atoms with Gasteiger partial charge in [0.2, 0.25) is 5.91 Å². The summed E-state index contributed by atoms with van der Waals surface area (Å²) in [4.78, 5) is 22.0. The molecule has 0 aliphatic carbocycles. The van der Waals surface area contributed by atoms with E-state index < -0.39 is 5.97 Å². The van der Waals surface area contributed by atoms with Crippen LogP contribution in [0.25, 0.3) is 0 Å². The highest BCUT2D eigenvalue weighted by atomic mass is 16.5. The molecular formula is C11H21NO5. The Hall–Kier alpha value is -1.14. The van der Waals surface area contributed by atoms with Crippen LogP contribution in [0.5, 0.6) is 0 Å². The Morgan fingerprint density at radius 1 is 1.35 bits per heavy atom. The van der Waals surface area contributed by atoms with Crippen LogP contribution in [0.2, 0.25) is 0 Å². The van der Waals surface area contributed by atoms with Gasteiger partial charge in [0.1, 0.15) is 0 Å². The Kier molecular flexibility index (Phi) is 8.35. The van der Waals surface area contributed by atoms with Gasteiger partial charge in [0.05, 0.1) is 12.6 Å². The van der Waals surface area contributed by atoms with E-state index in [1.807, 2.05) is 0 Å². The van der Waals surface area contributed by atoms with Crippen LogP contribution in [-0.4, -0.2) is 48.5 Å². The van der Waals surface area contributed by atoms with Gasteiger partial charge in [0.15, 0.2) is 0 Å². The Bertz CT molecular complexity index is 238. The predicted molar refractivity (Wildman–Crippen MR) is 61.5 cm³/mol. The first-order valence-corrected chi connectivity index (χ1v) is 5.60. The van der Waals surface area contributed by atoms with Gasteiger partial charge in [-0.05, 0) is 12.3 Å². The summed E-state index contributed by atoms with van der Waals surface area (Å²) >= 11 is 0. The van der Waals surface area contributed by atoms with Crippen molar-refractivity contribution in [2.24, 2.45) is 5.92 Å². The third-order valence-electron chi connectivity index (χ3n) is 2.27. The van der Waals surface area contributed by atoms with Gasteiger partial charge in [-0.15, -0.1) is 0 Å². The van der Waals surface area contributed by atoms with Crippen molar-refractivity contribution in [2.75, 3.05) is 20.3 Å². The molecule has 0 aromatic carbocycles. The lowest BCUT2D eigenvalue weighted by atomic mass is 10.0. The summed E-state index contributed by atoms with van der Waals surface area (Å²) < 4.78 is 4.91. The van der Waals surface area contributed by atoms with Crippen molar-refractivity contribution in [3.8, 4) is 0 Å². The number of nitrogens with one attached hydrogen (secondary N) is 1. The van der Waals surface area contributed by atoms with E-state index in [9.17, 15) is 9.59 Å². The molecule has 1 amide bonds. The number of aliphatic hydroxyl groups excluding tert-OH is 1. The highest BCUT2D eigenvalue weighted by Gasteiger charge is 2.16. The number of hydrogen-bond acceptors (Lipinski definition) is 4. The highest BCUT2D eigenvalue weighted by molar-refractivity contribution is 5.77. The third-order valence-corrected chi connectivity index (χ3v) is 2.27. The smallest absolute Gasteiger partial charge is 0.303 e. The zero-order chi connectivity index (χ0) is 13.3. The first-order chi connectivity index (χ1) is 7.99. The molecule has 2 atom stereocenters. The number of amides is 1. The number of carbonyl (C=O) groups is 2. The molecule has 0 aromatic rings. The minimum atomic E-state index is -0.908. The summed E-state index contributed by atoms with van der Waals surface area (Å²) in [5.41, 5.74) is 0. The Balaban J connectivity index is 3.99. The van der Waals surface area contributed by atoms with Gasteiger partial charge in [0.25, 0.3) is 0 Å². The van der Waals surface area contributed by atoms with Gasteiger partial charge in [-0.2, -0.15) is 0 Å². The molecule has 6 nitrogen and oxygen atoms in total. The average Bonchev–Trinajstić information content (AvgIpc) is 2.16. The summed E-state index contributed by atoms with van der Waals surface area (Å²) in [6, 6.07) is -0.227. The van der Waals surface area contributed by atoms with Crippen LogP contribution < -0.4 is 5.32 Å². The topological polar surface area (TPSA) is 95.9 Å². The van der Waals surface area contributed by atoms with Gasteiger partial charge < -0.3 is 20.3 Å². The van der Waals surface area contributed by atoms with Crippen LogP contribution in [0.1, 0.15) is 26.2 Å². The molecule has 0 spiro atoms. The zero-order valence-corrected chi connectivity index (χ0v) is 10.3. The van der Waals surface area contributed by atoms with Crippen LogP contribution >= 0.6 is 0 Å². The molecule has 0 aromatic heterocycles. The van der Waals surface area contributed by atoms with Gasteiger partial charge in [-0.25, -0.2) is 0 Å². The molecule has 0 fully saturated rings. The van der Waals surface area contributed by atoms with Crippen molar-refractivity contribution in [1.82, 2.24) is 5.32 Å². The Labute approximate surface area is 101 Å². The van der Waals surface area contributed by atoms with E-state index in [0.29, 0.717) is 13.0 Å². The van der Waals surface area contributed by atoms with E-state index in [4.69, 9.17) is 14.9 Å². The molecular weight excluding hydrogens is 226 g/mol. The first-order valence-electron chi connectivity index (χ1n) is 5.60. The Morgan fingerprint density at radius 2 is 2.00 bits per heavy atom. The maximum absolute atomic E-state index is 11.6. The fraction of sp³-hybridized carbons (Fsp3) is 0.818. The number of hydrogen-bond donors (Lipinski definition) is 3. The predicted octanol–water partition coefficient (Wildman–Crippen LogP) is 0.000900. The summed E-state index contributed by atoms with van der Waals surface area (Å²) in [5, 5.41) is 20.1. The molecule has 2 unspecified atom stereocenters. The highest BCUT2D eigenvalue weighted by Crippen LogP contribution is 2.07. The van der Waals surface area contributed by atoms with Crippen molar-refractivity contribution < 1.29 is 24.5 Å². The average molecular weight is 247 g/mol. The van der Waals surface area contributed by atoms with E-state index in [1.54, 1.807) is 6.92 Å². The molecule has 6 heteroatoms. The largest absolute Gasteiger partial charge is 0.481 e. The number of carboxylic acid groups (broad SMARTS) is 1. The number of ether oxygens (including phenoxy) is 1. The van der Waals surface area contributed by atoms with E-state index in [0.717, 1.165) is 0 Å². The molecule has 3 N–H and O–H groups in total. The summed E-state index contributed by atoms with van der Waals surface area (Å²) in [7, 11) is 1.52. The fourth-order valence-corrected chi connectivity index (χ4v) is 1.53. The standard InChI is InChI=1S/C11H21NO5/c1-8(6-11(15)16)5-10(14)12-9(3-4-13)7-17-2/h8-9,13H,3-7H2,1-2H3,(H,12,14)(H,15,16). The SMILES string of the molecule is COCC(CCO)NC(=O)CC(C)CC(=O)O. The van der Waals surface area contributed by atoms with E-state index in [1.165, 1.54) is 7.11 Å². The van der Waals surface area contributed by atoms with Gasteiger partial charge >= 0.3 is 5.97 Å². The van der Waals surface area contributed by atoms with Crippen LogP contribution in [0, 0.1) is 5.92 Å². The summed E-state index contributed by atoms with van der Waals surface area (Å²) in [6.07, 6.45) is 0.563. The second kappa shape index (κ2) is 8.95. The van der Waals surface area contributed by atoms with E-state index >= 15 is 0 Å². The van der Waals surface area contributed by atoms with Crippen molar-refractivity contribution in [3.63, 3.8) is 0 Å². The normalized spacial score (nSPS) is 14.1. The molecule has 0 aliphatic rings. The van der Waals surface area contributed by atoms with Crippen molar-refractivity contribution in [1.29, 1.82) is 0 Å². The molecule has 17 heavy (non-hydrogen) atoms. The molecule has 0 radical (unpaired) electrons. The van der Waals surface area contributed by atoms with E-state index in [-0.39, 0.29) is 37.3 Å². The molecule has 100 valence electrons. The van der Waals surface area contributed by atoms with Gasteiger partial charge in [-0.3, -0.25) is 9.59 Å². The molecule has 0 aliphatic heterocycles. The lowest BCUT2D eigenvalue weighted by molar-refractivity contribution is -0.138. The second-order valence-electron chi connectivity index (χ2n) is 4.14. The third kappa shape index (κ3) is 8.65. The summed E-state index contributed by atoms with van der Waals surface area (Å²) in [6.45, 7) is 2.02. The number of aliphatic hydroxyl groups is 1. The second-order valence-corrected chi connectivity index (χ2v) is 4.14. The minimum Gasteiger partial charge on any atom is -0.481 e. The number of methoxy groups -OCH3 is 1. The van der Waals surface area contributed by atoms with Crippen LogP contribution in [-0.2, 0) is 14.3 Å². The number of aliphatic carboxylic acids is 1. The summed E-state index contributed by atoms with van der Waals surface area (Å²) in [5.74, 6) is -1.33. The molecule has 0 heterocycles. The lowest BCUT2D eigenvalue weighted by Gasteiger charge is -2.18. The molecule has 0 rings (SSSR count). The van der Waals surface area contributed by atoms with Crippen molar-refractivity contribution in [3.05, 3.63) is 0 Å². The first kappa shape index (κ1) is 15.9. The van der Waals surface area contributed by atoms with Gasteiger partial charge in [0, 0.05) is 26.6 Å². The maximum Gasteiger partial charge on any atom is 0.303 e. The minimum absolute atomic E-state index is 0.0254. The van der Waals surface area contributed by atoms with Gasteiger partial charge in [-0.1, -0.05) is 6.92 Å². The maximum atomic E-state index is 11.6. The number of rotatable bonds is 9. The molecule has 0 bridgehead atoms.